The minimum absolute atomic E-state index is 0.0540. The fraction of sp³-hybridized carbons (Fsp3) is 0.571. The van der Waals surface area contributed by atoms with Crippen molar-refractivity contribution < 1.29 is 4.79 Å². The van der Waals surface area contributed by atoms with Gasteiger partial charge in [-0.05, 0) is 44.4 Å². The van der Waals surface area contributed by atoms with Crippen molar-refractivity contribution in [3.05, 3.63) is 46.1 Å². The summed E-state index contributed by atoms with van der Waals surface area (Å²) in [5, 5.41) is 0.716. The summed E-state index contributed by atoms with van der Waals surface area (Å²) in [4.78, 5) is 17.0. The van der Waals surface area contributed by atoms with Crippen LogP contribution in [-0.2, 0) is 4.79 Å². The third-order valence-corrected chi connectivity index (χ3v) is 5.31. The van der Waals surface area contributed by atoms with Gasteiger partial charge in [-0.3, -0.25) is 9.69 Å². The molecule has 138 valence electrons. The number of nitrogens with zero attached hydrogens (tertiary/aromatic N) is 2. The van der Waals surface area contributed by atoms with Crippen molar-refractivity contribution in [2.75, 3.05) is 32.7 Å². The highest BCUT2D eigenvalue weighted by Gasteiger charge is 2.25. The highest BCUT2D eigenvalue weighted by Crippen LogP contribution is 2.33. The van der Waals surface area contributed by atoms with E-state index in [1.807, 2.05) is 38.1 Å². The quantitative estimate of drug-likeness (QED) is 0.756. The maximum absolute atomic E-state index is 12.1. The molecule has 0 amide bonds. The summed E-state index contributed by atoms with van der Waals surface area (Å²) >= 11 is 5.96. The Labute approximate surface area is 157 Å². The Morgan fingerprint density at radius 3 is 2.08 bits per heavy atom. The molecule has 4 heteroatoms. The number of piperazine rings is 1. The molecule has 0 aromatic heterocycles. The van der Waals surface area contributed by atoms with Gasteiger partial charge in [-0.1, -0.05) is 43.2 Å². The lowest BCUT2D eigenvalue weighted by atomic mass is 9.94. The number of halogens is 1. The van der Waals surface area contributed by atoms with Gasteiger partial charge in [0.2, 0.25) is 0 Å². The van der Waals surface area contributed by atoms with Crippen LogP contribution >= 0.6 is 11.6 Å². The normalized spacial score (nSPS) is 18.3. The fourth-order valence-corrected chi connectivity index (χ4v) is 3.46. The third-order valence-electron chi connectivity index (χ3n) is 5.06. The average Bonchev–Trinajstić information content (AvgIpc) is 3.47. The van der Waals surface area contributed by atoms with Crippen molar-refractivity contribution in [3.63, 3.8) is 0 Å². The molecule has 1 aliphatic carbocycles. The van der Waals surface area contributed by atoms with Crippen LogP contribution in [0.3, 0.4) is 0 Å². The molecule has 1 unspecified atom stereocenters. The van der Waals surface area contributed by atoms with Crippen molar-refractivity contribution >= 4 is 17.4 Å². The number of ketones is 1. The summed E-state index contributed by atoms with van der Waals surface area (Å²) < 4.78 is 0. The molecule has 0 spiro atoms. The Kier molecular flexibility index (Phi) is 7.52. The monoisotopic (exact) mass is 362 g/mol. The van der Waals surface area contributed by atoms with E-state index < -0.39 is 0 Å². The summed E-state index contributed by atoms with van der Waals surface area (Å²) in [6.45, 7) is 13.0. The first kappa shape index (κ1) is 20.0. The molecule has 0 radical (unpaired) electrons. The van der Waals surface area contributed by atoms with E-state index in [0.29, 0.717) is 5.02 Å². The first-order valence-electron chi connectivity index (χ1n) is 9.46. The second kappa shape index (κ2) is 9.40. The number of hydrogen-bond donors (Lipinski definition) is 0. The molecule has 1 aromatic rings. The molecular weight excluding hydrogens is 332 g/mol. The molecule has 3 rings (SSSR count). The molecular formula is C21H31ClN2O. The number of hydrogen-bond acceptors (Lipinski definition) is 3. The van der Waals surface area contributed by atoms with Crippen LogP contribution in [0.15, 0.2) is 35.5 Å². The lowest BCUT2D eigenvalue weighted by Gasteiger charge is -2.37. The van der Waals surface area contributed by atoms with E-state index >= 15 is 0 Å². The lowest BCUT2D eigenvalue weighted by Crippen LogP contribution is -2.47. The van der Waals surface area contributed by atoms with E-state index in [2.05, 4.69) is 16.7 Å². The van der Waals surface area contributed by atoms with E-state index in [1.54, 1.807) is 12.5 Å². The second-order valence-electron chi connectivity index (χ2n) is 6.69. The number of Topliss-reactive ketones (excluding diaryl/α,β-unsaturated/α-hetero) is 1. The zero-order valence-corrected chi connectivity index (χ0v) is 16.8. The van der Waals surface area contributed by atoms with E-state index in [4.69, 9.17) is 11.6 Å². The maximum atomic E-state index is 12.1. The number of allylic oxidation sites excluding steroid dienone is 2. The van der Waals surface area contributed by atoms with Gasteiger partial charge in [0.15, 0.2) is 0 Å². The van der Waals surface area contributed by atoms with Crippen molar-refractivity contribution in [2.24, 2.45) is 0 Å². The highest BCUT2D eigenvalue weighted by molar-refractivity contribution is 6.30. The van der Waals surface area contributed by atoms with Crippen LogP contribution in [0, 0.1) is 0 Å². The van der Waals surface area contributed by atoms with Gasteiger partial charge in [0.1, 0.15) is 5.78 Å². The predicted octanol–water partition coefficient (Wildman–Crippen LogP) is 4.72. The Balaban J connectivity index is 0.00000109. The molecule has 1 aromatic carbocycles. The third kappa shape index (κ3) is 5.58. The molecule has 1 heterocycles. The first-order valence-corrected chi connectivity index (χ1v) is 9.84. The van der Waals surface area contributed by atoms with Crippen molar-refractivity contribution in [2.45, 2.75) is 46.5 Å². The van der Waals surface area contributed by atoms with Gasteiger partial charge in [0.05, 0.1) is 5.92 Å². The summed E-state index contributed by atoms with van der Waals surface area (Å²) in [7, 11) is 0. The van der Waals surface area contributed by atoms with Crippen LogP contribution in [0.5, 0.6) is 0 Å². The van der Waals surface area contributed by atoms with Crippen LogP contribution in [0.25, 0.3) is 0 Å². The van der Waals surface area contributed by atoms with Gasteiger partial charge in [-0.15, -0.1) is 0 Å². The summed E-state index contributed by atoms with van der Waals surface area (Å²) in [5.74, 6) is 0.174. The smallest absolute Gasteiger partial charge is 0.138 e. The lowest BCUT2D eigenvalue weighted by molar-refractivity contribution is -0.119. The zero-order chi connectivity index (χ0) is 18.4. The van der Waals surface area contributed by atoms with Gasteiger partial charge in [-0.25, -0.2) is 0 Å². The van der Waals surface area contributed by atoms with Gasteiger partial charge >= 0.3 is 0 Å². The molecule has 0 N–H and O–H groups in total. The van der Waals surface area contributed by atoms with Gasteiger partial charge in [-0.2, -0.15) is 0 Å². The topological polar surface area (TPSA) is 23.6 Å². The van der Waals surface area contributed by atoms with Crippen LogP contribution < -0.4 is 0 Å². The second-order valence-corrected chi connectivity index (χ2v) is 7.13. The van der Waals surface area contributed by atoms with Crippen LogP contribution in [0.4, 0.5) is 0 Å². The summed E-state index contributed by atoms with van der Waals surface area (Å²) in [6.07, 6.45) is 2.57. The molecule has 1 saturated carbocycles. The zero-order valence-electron chi connectivity index (χ0n) is 16.0. The molecule has 25 heavy (non-hydrogen) atoms. The van der Waals surface area contributed by atoms with Crippen molar-refractivity contribution in [1.82, 2.24) is 9.80 Å². The Hall–Kier alpha value is -1.32. The van der Waals surface area contributed by atoms with E-state index in [0.717, 1.165) is 38.3 Å². The predicted molar refractivity (Wildman–Crippen MR) is 106 cm³/mol. The van der Waals surface area contributed by atoms with Gasteiger partial charge in [0, 0.05) is 43.4 Å². The van der Waals surface area contributed by atoms with Crippen LogP contribution in [-0.4, -0.2) is 48.3 Å². The SMILES string of the molecule is CC.CC(=O)C(CN1CCN(C(C)=C2CC2)CC1)c1ccc(Cl)cc1. The Bertz CT molecular complexity index is 595. The van der Waals surface area contributed by atoms with Crippen LogP contribution in [0.2, 0.25) is 5.02 Å². The standard InChI is InChI=1S/C19H25ClN2O.C2H6/c1-14(16-3-4-16)22-11-9-21(10-12-22)13-19(15(2)23)17-5-7-18(20)8-6-17;1-2/h5-8,19H,3-4,9-13H2,1-2H3;1-2H3. The molecule has 0 bridgehead atoms. The minimum Gasteiger partial charge on any atom is -0.373 e. The van der Waals surface area contributed by atoms with Gasteiger partial charge < -0.3 is 4.90 Å². The Morgan fingerprint density at radius 2 is 1.60 bits per heavy atom. The number of benzene rings is 1. The molecule has 2 aliphatic rings. The number of rotatable bonds is 5. The minimum atomic E-state index is -0.0540. The van der Waals surface area contributed by atoms with Crippen LogP contribution in [0.1, 0.15) is 52.0 Å². The Morgan fingerprint density at radius 1 is 1.04 bits per heavy atom. The molecule has 1 saturated heterocycles. The maximum Gasteiger partial charge on any atom is 0.138 e. The first-order chi connectivity index (χ1) is 12.0. The highest BCUT2D eigenvalue weighted by atomic mass is 35.5. The largest absolute Gasteiger partial charge is 0.373 e. The average molecular weight is 363 g/mol. The molecule has 3 nitrogen and oxygen atoms in total. The molecule has 1 aliphatic heterocycles. The van der Waals surface area contributed by atoms with E-state index in [-0.39, 0.29) is 11.7 Å². The number of carbonyl (C=O) groups is 1. The summed E-state index contributed by atoms with van der Waals surface area (Å²) in [6, 6.07) is 7.70. The van der Waals surface area contributed by atoms with Gasteiger partial charge in [0.25, 0.3) is 0 Å². The molecule has 2 fully saturated rings. The number of carbonyl (C=O) groups excluding carboxylic acids is 1. The fourth-order valence-electron chi connectivity index (χ4n) is 3.34. The van der Waals surface area contributed by atoms with Crippen molar-refractivity contribution in [3.8, 4) is 0 Å². The van der Waals surface area contributed by atoms with E-state index in [9.17, 15) is 4.79 Å². The summed E-state index contributed by atoms with van der Waals surface area (Å²) in [5.41, 5.74) is 4.19. The van der Waals surface area contributed by atoms with E-state index in [1.165, 1.54) is 18.5 Å². The molecule has 1 atom stereocenters. The van der Waals surface area contributed by atoms with Crippen molar-refractivity contribution in [1.29, 1.82) is 0 Å².